The fourth-order valence-electron chi connectivity index (χ4n) is 1.91. The van der Waals surface area contributed by atoms with Crippen LogP contribution >= 0.6 is 27.3 Å². The zero-order chi connectivity index (χ0) is 11.8. The third kappa shape index (κ3) is 1.91. The summed E-state index contributed by atoms with van der Waals surface area (Å²) in [5.74, 6) is 0.980. The van der Waals surface area contributed by atoms with Crippen LogP contribution in [0.1, 0.15) is 20.8 Å². The SMILES string of the molecule is O=C(c1ccc2c(c1)CCO2)c1sccc1Br. The van der Waals surface area contributed by atoms with Crippen molar-refractivity contribution in [2.45, 2.75) is 6.42 Å². The van der Waals surface area contributed by atoms with Gasteiger partial charge in [-0.3, -0.25) is 4.79 Å². The second-order valence-electron chi connectivity index (χ2n) is 3.85. The minimum absolute atomic E-state index is 0.0709. The number of carbonyl (C=O) groups is 1. The van der Waals surface area contributed by atoms with Crippen LogP contribution in [0.2, 0.25) is 0 Å². The molecule has 0 aliphatic carbocycles. The van der Waals surface area contributed by atoms with Gasteiger partial charge in [-0.05, 0) is 51.1 Å². The van der Waals surface area contributed by atoms with E-state index in [2.05, 4.69) is 15.9 Å². The Morgan fingerprint density at radius 3 is 3.00 bits per heavy atom. The molecule has 86 valence electrons. The second-order valence-corrected chi connectivity index (χ2v) is 5.62. The molecule has 0 radical (unpaired) electrons. The van der Waals surface area contributed by atoms with E-state index in [9.17, 15) is 4.79 Å². The van der Waals surface area contributed by atoms with E-state index < -0.39 is 0 Å². The molecule has 1 aliphatic rings. The van der Waals surface area contributed by atoms with Crippen molar-refractivity contribution in [2.24, 2.45) is 0 Å². The van der Waals surface area contributed by atoms with Crippen LogP contribution < -0.4 is 4.74 Å². The summed E-state index contributed by atoms with van der Waals surface area (Å²) in [5.41, 5.74) is 1.86. The molecule has 3 rings (SSSR count). The van der Waals surface area contributed by atoms with Crippen molar-refractivity contribution in [3.05, 3.63) is 50.1 Å². The van der Waals surface area contributed by atoms with E-state index in [4.69, 9.17) is 4.74 Å². The molecule has 0 spiro atoms. The van der Waals surface area contributed by atoms with Gasteiger partial charge >= 0.3 is 0 Å². The normalized spacial score (nSPS) is 13.2. The summed E-state index contributed by atoms with van der Waals surface area (Å²) >= 11 is 4.85. The molecule has 4 heteroatoms. The van der Waals surface area contributed by atoms with Gasteiger partial charge in [0, 0.05) is 16.5 Å². The van der Waals surface area contributed by atoms with E-state index in [1.54, 1.807) is 0 Å². The number of rotatable bonds is 2. The van der Waals surface area contributed by atoms with Crippen molar-refractivity contribution >= 4 is 33.0 Å². The van der Waals surface area contributed by atoms with Gasteiger partial charge in [-0.15, -0.1) is 11.3 Å². The van der Waals surface area contributed by atoms with Crippen LogP contribution in [0.25, 0.3) is 0 Å². The summed E-state index contributed by atoms with van der Waals surface area (Å²) in [6, 6.07) is 7.56. The lowest BCUT2D eigenvalue weighted by molar-refractivity contribution is 0.104. The molecule has 0 saturated heterocycles. The molecule has 1 aromatic carbocycles. The van der Waals surface area contributed by atoms with Gasteiger partial charge in [0.1, 0.15) is 5.75 Å². The molecule has 0 atom stereocenters. The van der Waals surface area contributed by atoms with Crippen LogP contribution in [0.5, 0.6) is 5.75 Å². The van der Waals surface area contributed by atoms with Gasteiger partial charge in [0.2, 0.25) is 5.78 Å². The molecule has 17 heavy (non-hydrogen) atoms. The second kappa shape index (κ2) is 4.27. The first kappa shape index (κ1) is 11.0. The molecule has 0 amide bonds. The first-order valence-electron chi connectivity index (χ1n) is 5.29. The number of hydrogen-bond donors (Lipinski definition) is 0. The number of benzene rings is 1. The summed E-state index contributed by atoms with van der Waals surface area (Å²) in [7, 11) is 0. The molecule has 0 N–H and O–H groups in total. The minimum atomic E-state index is 0.0709. The monoisotopic (exact) mass is 308 g/mol. The molecular weight excluding hydrogens is 300 g/mol. The maximum Gasteiger partial charge on any atom is 0.204 e. The Balaban J connectivity index is 2.00. The zero-order valence-electron chi connectivity index (χ0n) is 8.90. The maximum absolute atomic E-state index is 12.3. The fraction of sp³-hybridized carbons (Fsp3) is 0.154. The quantitative estimate of drug-likeness (QED) is 0.791. The number of halogens is 1. The van der Waals surface area contributed by atoms with E-state index in [-0.39, 0.29) is 5.78 Å². The van der Waals surface area contributed by atoms with Crippen LogP contribution in [-0.4, -0.2) is 12.4 Å². The van der Waals surface area contributed by atoms with Crippen LogP contribution in [0.15, 0.2) is 34.1 Å². The number of carbonyl (C=O) groups excluding carboxylic acids is 1. The zero-order valence-corrected chi connectivity index (χ0v) is 11.3. The van der Waals surface area contributed by atoms with Gasteiger partial charge in [-0.1, -0.05) is 0 Å². The number of fused-ring (bicyclic) bond motifs is 1. The minimum Gasteiger partial charge on any atom is -0.493 e. The Kier molecular flexibility index (Phi) is 2.76. The van der Waals surface area contributed by atoms with Crippen LogP contribution in [0, 0.1) is 0 Å². The fourth-order valence-corrected chi connectivity index (χ4v) is 3.43. The average Bonchev–Trinajstić information content (AvgIpc) is 2.95. The predicted octanol–water partition coefficient (Wildman–Crippen LogP) is 3.68. The Morgan fingerprint density at radius 2 is 2.24 bits per heavy atom. The molecule has 0 bridgehead atoms. The van der Waals surface area contributed by atoms with Crippen molar-refractivity contribution in [1.29, 1.82) is 0 Å². The molecule has 1 aliphatic heterocycles. The summed E-state index contributed by atoms with van der Waals surface area (Å²) in [6.07, 6.45) is 0.891. The molecule has 0 fully saturated rings. The molecule has 0 saturated carbocycles. The van der Waals surface area contributed by atoms with Crippen LogP contribution in [0.3, 0.4) is 0 Å². The van der Waals surface area contributed by atoms with E-state index in [1.165, 1.54) is 11.3 Å². The lowest BCUT2D eigenvalue weighted by Gasteiger charge is -2.02. The van der Waals surface area contributed by atoms with Crippen molar-refractivity contribution in [1.82, 2.24) is 0 Å². The van der Waals surface area contributed by atoms with Crippen molar-refractivity contribution in [3.8, 4) is 5.75 Å². The Bertz CT molecular complexity index is 589. The molecule has 0 unspecified atom stereocenters. The Hall–Kier alpha value is -1.13. The predicted molar refractivity (Wildman–Crippen MR) is 71.1 cm³/mol. The number of hydrogen-bond acceptors (Lipinski definition) is 3. The highest BCUT2D eigenvalue weighted by molar-refractivity contribution is 9.10. The van der Waals surface area contributed by atoms with Crippen molar-refractivity contribution in [3.63, 3.8) is 0 Å². The topological polar surface area (TPSA) is 26.3 Å². The van der Waals surface area contributed by atoms with E-state index >= 15 is 0 Å². The largest absolute Gasteiger partial charge is 0.493 e. The van der Waals surface area contributed by atoms with E-state index in [0.717, 1.165) is 39.3 Å². The third-order valence-electron chi connectivity index (χ3n) is 2.78. The van der Waals surface area contributed by atoms with Gasteiger partial charge in [0.15, 0.2) is 0 Å². The Morgan fingerprint density at radius 1 is 1.35 bits per heavy atom. The lowest BCUT2D eigenvalue weighted by atomic mass is 10.0. The highest BCUT2D eigenvalue weighted by Gasteiger charge is 2.18. The van der Waals surface area contributed by atoms with E-state index in [0.29, 0.717) is 0 Å². The maximum atomic E-state index is 12.3. The summed E-state index contributed by atoms with van der Waals surface area (Å²) in [5, 5.41) is 1.91. The molecule has 2 heterocycles. The standard InChI is InChI=1S/C13H9BrO2S/c14-10-4-6-17-13(10)12(15)9-1-2-11-8(7-9)3-5-16-11/h1-2,4,6-7H,3,5H2. The number of ether oxygens (including phenoxy) is 1. The molecule has 2 nitrogen and oxygen atoms in total. The Labute approximate surface area is 111 Å². The van der Waals surface area contributed by atoms with Gasteiger partial charge in [-0.25, -0.2) is 0 Å². The first-order valence-corrected chi connectivity index (χ1v) is 6.96. The average molecular weight is 309 g/mol. The smallest absolute Gasteiger partial charge is 0.204 e. The van der Waals surface area contributed by atoms with Gasteiger partial charge in [0.25, 0.3) is 0 Å². The van der Waals surface area contributed by atoms with Crippen molar-refractivity contribution in [2.75, 3.05) is 6.61 Å². The third-order valence-corrected chi connectivity index (χ3v) is 4.61. The first-order chi connectivity index (χ1) is 8.25. The summed E-state index contributed by atoms with van der Waals surface area (Å²) in [4.78, 5) is 13.0. The lowest BCUT2D eigenvalue weighted by Crippen LogP contribution is -1.99. The number of ketones is 1. The van der Waals surface area contributed by atoms with Gasteiger partial charge < -0.3 is 4.74 Å². The van der Waals surface area contributed by atoms with Crippen molar-refractivity contribution < 1.29 is 9.53 Å². The van der Waals surface area contributed by atoms with Gasteiger partial charge in [0.05, 0.1) is 11.5 Å². The summed E-state index contributed by atoms with van der Waals surface area (Å²) < 4.78 is 6.29. The van der Waals surface area contributed by atoms with Crippen LogP contribution in [-0.2, 0) is 6.42 Å². The van der Waals surface area contributed by atoms with Gasteiger partial charge in [-0.2, -0.15) is 0 Å². The highest BCUT2D eigenvalue weighted by atomic mass is 79.9. The number of thiophene rings is 1. The molecule has 2 aromatic rings. The van der Waals surface area contributed by atoms with Crippen LogP contribution in [0.4, 0.5) is 0 Å². The highest BCUT2D eigenvalue weighted by Crippen LogP contribution is 2.29. The summed E-state index contributed by atoms with van der Waals surface area (Å²) in [6.45, 7) is 0.718. The van der Waals surface area contributed by atoms with E-state index in [1.807, 2.05) is 29.6 Å². The molecule has 1 aromatic heterocycles. The molecular formula is C13H9BrO2S.